The predicted molar refractivity (Wildman–Crippen MR) is 93.5 cm³/mol. The van der Waals surface area contributed by atoms with Crippen LogP contribution in [0.1, 0.15) is 44.6 Å². The van der Waals surface area contributed by atoms with Crippen LogP contribution in [0.3, 0.4) is 0 Å². The van der Waals surface area contributed by atoms with Crippen molar-refractivity contribution in [3.63, 3.8) is 0 Å². The standard InChI is InChI=1S/C18H29NOS/c1-14(19-16-5-4-6-18(13-16)21-3)7-8-15-9-11-17(20-2)12-10-15/h9-12,14,16,18-19H,4-8,13H2,1-3H3. The quantitative estimate of drug-likeness (QED) is 0.812. The van der Waals surface area contributed by atoms with Crippen molar-refractivity contribution < 1.29 is 4.74 Å². The van der Waals surface area contributed by atoms with Crippen LogP contribution in [-0.2, 0) is 6.42 Å². The number of ether oxygens (including phenoxy) is 1. The largest absolute Gasteiger partial charge is 0.497 e. The highest BCUT2D eigenvalue weighted by atomic mass is 32.2. The zero-order valence-corrected chi connectivity index (χ0v) is 14.4. The lowest BCUT2D eigenvalue weighted by molar-refractivity contribution is 0.342. The molecule has 2 nitrogen and oxygen atoms in total. The van der Waals surface area contributed by atoms with E-state index in [1.54, 1.807) is 7.11 Å². The van der Waals surface area contributed by atoms with Crippen molar-refractivity contribution in [1.29, 1.82) is 0 Å². The first-order valence-electron chi connectivity index (χ1n) is 8.13. The van der Waals surface area contributed by atoms with E-state index in [0.717, 1.165) is 23.5 Å². The highest BCUT2D eigenvalue weighted by Crippen LogP contribution is 2.27. The molecule has 1 aromatic carbocycles. The lowest BCUT2D eigenvalue weighted by atomic mass is 9.94. The van der Waals surface area contributed by atoms with Gasteiger partial charge in [-0.15, -0.1) is 0 Å². The van der Waals surface area contributed by atoms with Gasteiger partial charge in [0.2, 0.25) is 0 Å². The van der Waals surface area contributed by atoms with Gasteiger partial charge in [-0.1, -0.05) is 18.6 Å². The van der Waals surface area contributed by atoms with E-state index in [-0.39, 0.29) is 0 Å². The van der Waals surface area contributed by atoms with E-state index >= 15 is 0 Å². The molecule has 0 aromatic heterocycles. The molecule has 0 amide bonds. The number of rotatable bonds is 7. The van der Waals surface area contributed by atoms with Crippen molar-refractivity contribution in [3.05, 3.63) is 29.8 Å². The van der Waals surface area contributed by atoms with Gasteiger partial charge in [-0.3, -0.25) is 0 Å². The van der Waals surface area contributed by atoms with E-state index in [1.165, 1.54) is 37.7 Å². The number of hydrogen-bond donors (Lipinski definition) is 1. The van der Waals surface area contributed by atoms with Crippen LogP contribution >= 0.6 is 11.8 Å². The summed E-state index contributed by atoms with van der Waals surface area (Å²) < 4.78 is 5.20. The van der Waals surface area contributed by atoms with E-state index < -0.39 is 0 Å². The topological polar surface area (TPSA) is 21.3 Å². The zero-order chi connectivity index (χ0) is 15.1. The highest BCUT2D eigenvalue weighted by Gasteiger charge is 2.22. The second kappa shape index (κ2) is 8.70. The van der Waals surface area contributed by atoms with Crippen LogP contribution in [0.4, 0.5) is 0 Å². The van der Waals surface area contributed by atoms with Crippen LogP contribution in [0.5, 0.6) is 5.75 Å². The maximum absolute atomic E-state index is 5.20. The SMILES string of the molecule is COc1ccc(CCC(C)NC2CCCC(SC)C2)cc1. The fourth-order valence-electron chi connectivity index (χ4n) is 3.17. The van der Waals surface area contributed by atoms with E-state index in [2.05, 4.69) is 42.8 Å². The normalized spacial score (nSPS) is 23.8. The molecule has 118 valence electrons. The molecule has 1 saturated carbocycles. The number of benzene rings is 1. The molecule has 1 aliphatic carbocycles. The van der Waals surface area contributed by atoms with Crippen molar-refractivity contribution in [2.75, 3.05) is 13.4 Å². The summed E-state index contributed by atoms with van der Waals surface area (Å²) in [7, 11) is 1.72. The molecule has 3 unspecified atom stereocenters. The summed E-state index contributed by atoms with van der Waals surface area (Å²) in [6.45, 7) is 2.33. The molecule has 1 aliphatic rings. The molecule has 0 bridgehead atoms. The number of hydrogen-bond acceptors (Lipinski definition) is 3. The van der Waals surface area contributed by atoms with Gasteiger partial charge >= 0.3 is 0 Å². The lowest BCUT2D eigenvalue weighted by Crippen LogP contribution is -2.40. The zero-order valence-electron chi connectivity index (χ0n) is 13.6. The number of methoxy groups -OCH3 is 1. The Hall–Kier alpha value is -0.670. The van der Waals surface area contributed by atoms with Crippen molar-refractivity contribution in [3.8, 4) is 5.75 Å². The Morgan fingerprint density at radius 1 is 1.29 bits per heavy atom. The summed E-state index contributed by atoms with van der Waals surface area (Å²) >= 11 is 2.04. The van der Waals surface area contributed by atoms with Gasteiger partial charge in [0.05, 0.1) is 7.11 Å². The summed E-state index contributed by atoms with van der Waals surface area (Å²) in [4.78, 5) is 0. The molecule has 21 heavy (non-hydrogen) atoms. The summed E-state index contributed by atoms with van der Waals surface area (Å²) in [5.74, 6) is 0.940. The molecule has 1 fully saturated rings. The summed E-state index contributed by atoms with van der Waals surface area (Å²) in [6, 6.07) is 9.78. The molecule has 0 heterocycles. The van der Waals surface area contributed by atoms with E-state index in [4.69, 9.17) is 4.74 Å². The van der Waals surface area contributed by atoms with E-state index in [1.807, 2.05) is 11.8 Å². The smallest absolute Gasteiger partial charge is 0.118 e. The lowest BCUT2D eigenvalue weighted by Gasteiger charge is -2.31. The molecule has 2 rings (SSSR count). The molecule has 3 heteroatoms. The molecular weight excluding hydrogens is 278 g/mol. The molecule has 1 N–H and O–H groups in total. The maximum Gasteiger partial charge on any atom is 0.118 e. The second-order valence-corrected chi connectivity index (χ2v) is 7.31. The Bertz CT molecular complexity index is 406. The van der Waals surface area contributed by atoms with Crippen LogP contribution in [-0.4, -0.2) is 30.7 Å². The minimum atomic E-state index is 0.595. The fourth-order valence-corrected chi connectivity index (χ4v) is 4.00. The number of aryl methyl sites for hydroxylation is 1. The molecule has 0 aliphatic heterocycles. The Morgan fingerprint density at radius 3 is 2.71 bits per heavy atom. The third-order valence-corrected chi connectivity index (χ3v) is 5.60. The average molecular weight is 308 g/mol. The van der Waals surface area contributed by atoms with Crippen LogP contribution < -0.4 is 10.1 Å². The molecule has 0 radical (unpaired) electrons. The summed E-state index contributed by atoms with van der Waals surface area (Å²) in [6.07, 6.45) is 10.1. The van der Waals surface area contributed by atoms with Crippen LogP contribution in [0.2, 0.25) is 0 Å². The maximum atomic E-state index is 5.20. The minimum Gasteiger partial charge on any atom is -0.497 e. The van der Waals surface area contributed by atoms with Gasteiger partial charge in [0.25, 0.3) is 0 Å². The monoisotopic (exact) mass is 307 g/mol. The van der Waals surface area contributed by atoms with Crippen LogP contribution in [0.25, 0.3) is 0 Å². The first-order valence-corrected chi connectivity index (χ1v) is 9.42. The molecule has 0 spiro atoms. The minimum absolute atomic E-state index is 0.595. The van der Waals surface area contributed by atoms with E-state index in [9.17, 15) is 0 Å². The van der Waals surface area contributed by atoms with Crippen molar-refractivity contribution in [2.24, 2.45) is 0 Å². The highest BCUT2D eigenvalue weighted by molar-refractivity contribution is 7.99. The van der Waals surface area contributed by atoms with Gasteiger partial charge in [-0.2, -0.15) is 11.8 Å². The van der Waals surface area contributed by atoms with Gasteiger partial charge in [0, 0.05) is 17.3 Å². The van der Waals surface area contributed by atoms with Crippen molar-refractivity contribution >= 4 is 11.8 Å². The van der Waals surface area contributed by atoms with Crippen molar-refractivity contribution in [2.45, 2.75) is 62.8 Å². The fraction of sp³-hybridized carbons (Fsp3) is 0.667. The summed E-state index contributed by atoms with van der Waals surface area (Å²) in [5, 5.41) is 4.70. The molecule has 1 aromatic rings. The number of nitrogens with one attached hydrogen (secondary N) is 1. The third-order valence-electron chi connectivity index (χ3n) is 4.50. The summed E-state index contributed by atoms with van der Waals surface area (Å²) in [5.41, 5.74) is 1.40. The van der Waals surface area contributed by atoms with Gasteiger partial charge in [-0.05, 0) is 63.0 Å². The average Bonchev–Trinajstić information content (AvgIpc) is 2.53. The molecule has 3 atom stereocenters. The van der Waals surface area contributed by atoms with Gasteiger partial charge in [0.15, 0.2) is 0 Å². The second-order valence-electron chi connectivity index (χ2n) is 6.18. The Kier molecular flexibility index (Phi) is 6.91. The van der Waals surface area contributed by atoms with Crippen molar-refractivity contribution in [1.82, 2.24) is 5.32 Å². The Balaban J connectivity index is 1.72. The molecular formula is C18H29NOS. The first-order chi connectivity index (χ1) is 10.2. The number of thioether (sulfide) groups is 1. The van der Waals surface area contributed by atoms with Crippen LogP contribution in [0.15, 0.2) is 24.3 Å². The van der Waals surface area contributed by atoms with Gasteiger partial charge in [-0.25, -0.2) is 0 Å². The van der Waals surface area contributed by atoms with Gasteiger partial charge < -0.3 is 10.1 Å². The Morgan fingerprint density at radius 2 is 2.05 bits per heavy atom. The third kappa shape index (κ3) is 5.55. The van der Waals surface area contributed by atoms with Gasteiger partial charge in [0.1, 0.15) is 5.75 Å². The molecule has 0 saturated heterocycles. The first kappa shape index (κ1) is 16.7. The predicted octanol–water partition coefficient (Wildman–Crippen LogP) is 4.28. The van der Waals surface area contributed by atoms with E-state index in [0.29, 0.717) is 6.04 Å². The Labute approximate surface area is 134 Å². The van der Waals surface area contributed by atoms with Crippen LogP contribution in [0, 0.1) is 0 Å².